The number of nitrogens with one attached hydrogen (secondary N) is 4. The summed E-state index contributed by atoms with van der Waals surface area (Å²) >= 11 is 0. The van der Waals surface area contributed by atoms with E-state index < -0.39 is 91.4 Å². The standard InChI is InChI=1S/C20H31N5O10/c21-14(26)6-3-11(23-17(31)10-2-1-9-22-10)18(32)24-12(4-7-15(27)28)19(33)25-13(20(34)35)5-8-16(29)30/h10-13,22H,1-9H2,(H2,21,26)(H,23,31)(H,24,32)(H,25,33)(H,27,28)(H,29,30)(H,34,35). The van der Waals surface area contributed by atoms with Crippen molar-refractivity contribution in [3.05, 3.63) is 0 Å². The van der Waals surface area contributed by atoms with Gasteiger partial charge in [0.2, 0.25) is 23.6 Å². The fraction of sp³-hybridized carbons (Fsp3) is 0.650. The molecule has 1 fully saturated rings. The van der Waals surface area contributed by atoms with E-state index in [1.165, 1.54) is 0 Å². The number of carboxylic acids is 3. The van der Waals surface area contributed by atoms with Crippen molar-refractivity contribution in [3.8, 4) is 0 Å². The number of carbonyl (C=O) groups excluding carboxylic acids is 4. The van der Waals surface area contributed by atoms with E-state index >= 15 is 0 Å². The molecule has 15 heteroatoms. The average molecular weight is 501 g/mol. The highest BCUT2D eigenvalue weighted by Crippen LogP contribution is 2.08. The minimum Gasteiger partial charge on any atom is -0.481 e. The van der Waals surface area contributed by atoms with Crippen molar-refractivity contribution in [2.45, 2.75) is 75.5 Å². The predicted molar refractivity (Wildman–Crippen MR) is 117 cm³/mol. The molecule has 0 aliphatic carbocycles. The van der Waals surface area contributed by atoms with Gasteiger partial charge in [0.25, 0.3) is 0 Å². The summed E-state index contributed by atoms with van der Waals surface area (Å²) in [5, 5.41) is 36.8. The molecular formula is C20H31N5O10. The summed E-state index contributed by atoms with van der Waals surface area (Å²) in [6.45, 7) is 0.611. The van der Waals surface area contributed by atoms with Crippen molar-refractivity contribution in [1.82, 2.24) is 21.3 Å². The Morgan fingerprint density at radius 3 is 1.71 bits per heavy atom. The minimum absolute atomic E-state index is 0.191. The van der Waals surface area contributed by atoms with Crippen LogP contribution >= 0.6 is 0 Å². The molecule has 0 spiro atoms. The second-order valence-electron chi connectivity index (χ2n) is 8.04. The number of primary amides is 1. The van der Waals surface area contributed by atoms with Crippen molar-refractivity contribution in [3.63, 3.8) is 0 Å². The summed E-state index contributed by atoms with van der Waals surface area (Å²) in [7, 11) is 0. The summed E-state index contributed by atoms with van der Waals surface area (Å²) in [6.07, 6.45) is -1.15. The van der Waals surface area contributed by atoms with Crippen LogP contribution in [0, 0.1) is 0 Å². The lowest BCUT2D eigenvalue weighted by Gasteiger charge is -2.25. The van der Waals surface area contributed by atoms with Crippen LogP contribution in [0.25, 0.3) is 0 Å². The number of hydrogen-bond donors (Lipinski definition) is 8. The van der Waals surface area contributed by atoms with Crippen LogP contribution in [0.3, 0.4) is 0 Å². The molecule has 9 N–H and O–H groups in total. The van der Waals surface area contributed by atoms with Crippen LogP contribution in [-0.2, 0) is 33.6 Å². The number of carboxylic acid groups (broad SMARTS) is 3. The van der Waals surface area contributed by atoms with E-state index in [1.54, 1.807) is 0 Å². The van der Waals surface area contributed by atoms with Crippen LogP contribution in [0.5, 0.6) is 0 Å². The van der Waals surface area contributed by atoms with Crippen molar-refractivity contribution < 1.29 is 48.9 Å². The Bertz CT molecular complexity index is 827. The maximum absolute atomic E-state index is 12.9. The molecule has 0 aromatic rings. The lowest BCUT2D eigenvalue weighted by molar-refractivity contribution is -0.144. The van der Waals surface area contributed by atoms with Gasteiger partial charge < -0.3 is 42.3 Å². The highest BCUT2D eigenvalue weighted by Gasteiger charge is 2.32. The topological polar surface area (TPSA) is 254 Å². The summed E-state index contributed by atoms with van der Waals surface area (Å²) in [5.41, 5.74) is 5.13. The number of hydrogen-bond acceptors (Lipinski definition) is 8. The average Bonchev–Trinajstić information content (AvgIpc) is 3.30. The van der Waals surface area contributed by atoms with Crippen molar-refractivity contribution in [2.75, 3.05) is 6.54 Å². The van der Waals surface area contributed by atoms with E-state index in [1.807, 2.05) is 0 Å². The third-order valence-electron chi connectivity index (χ3n) is 5.23. The summed E-state index contributed by atoms with van der Waals surface area (Å²) in [6, 6.07) is -4.93. The van der Waals surface area contributed by atoms with Gasteiger partial charge in [0.05, 0.1) is 6.04 Å². The maximum atomic E-state index is 12.9. The van der Waals surface area contributed by atoms with Crippen molar-refractivity contribution in [1.29, 1.82) is 0 Å². The highest BCUT2D eigenvalue weighted by atomic mass is 16.4. The number of amides is 4. The molecule has 0 radical (unpaired) electrons. The molecule has 15 nitrogen and oxygen atoms in total. The highest BCUT2D eigenvalue weighted by molar-refractivity contribution is 5.94. The Morgan fingerprint density at radius 2 is 1.26 bits per heavy atom. The second-order valence-corrected chi connectivity index (χ2v) is 8.04. The third kappa shape index (κ3) is 11.3. The van der Waals surface area contributed by atoms with E-state index in [-0.39, 0.29) is 12.8 Å². The van der Waals surface area contributed by atoms with E-state index in [0.717, 1.165) is 6.42 Å². The molecule has 0 saturated carbocycles. The monoisotopic (exact) mass is 501 g/mol. The molecule has 4 unspecified atom stereocenters. The fourth-order valence-corrected chi connectivity index (χ4v) is 3.34. The van der Waals surface area contributed by atoms with Gasteiger partial charge in [-0.2, -0.15) is 0 Å². The first kappa shape index (κ1) is 29.3. The van der Waals surface area contributed by atoms with Crippen LogP contribution in [0.2, 0.25) is 0 Å². The molecular weight excluding hydrogens is 470 g/mol. The van der Waals surface area contributed by atoms with Crippen LogP contribution in [0.15, 0.2) is 0 Å². The number of nitrogens with two attached hydrogens (primary N) is 1. The van der Waals surface area contributed by atoms with Gasteiger partial charge >= 0.3 is 17.9 Å². The normalized spacial score (nSPS) is 17.4. The molecule has 0 aromatic heterocycles. The molecule has 4 atom stereocenters. The number of rotatable bonds is 16. The zero-order chi connectivity index (χ0) is 26.5. The molecule has 1 heterocycles. The zero-order valence-corrected chi connectivity index (χ0v) is 19.0. The smallest absolute Gasteiger partial charge is 0.326 e. The molecule has 1 saturated heterocycles. The lowest BCUT2D eigenvalue weighted by Crippen LogP contribution is -2.57. The van der Waals surface area contributed by atoms with Gasteiger partial charge in [0.1, 0.15) is 18.1 Å². The van der Waals surface area contributed by atoms with Gasteiger partial charge in [-0.05, 0) is 38.6 Å². The summed E-state index contributed by atoms with van der Waals surface area (Å²) in [4.78, 5) is 82.3. The van der Waals surface area contributed by atoms with Crippen LogP contribution in [0.4, 0.5) is 0 Å². The Balaban J connectivity index is 2.97. The van der Waals surface area contributed by atoms with Gasteiger partial charge in [-0.25, -0.2) is 4.79 Å². The molecule has 1 rings (SSSR count). The molecule has 0 aromatic carbocycles. The first-order valence-corrected chi connectivity index (χ1v) is 11.0. The fourth-order valence-electron chi connectivity index (χ4n) is 3.34. The number of aliphatic carboxylic acids is 3. The Labute approximate surface area is 200 Å². The molecule has 4 amide bonds. The summed E-state index contributed by atoms with van der Waals surface area (Å²) in [5.74, 6) is -7.28. The number of carbonyl (C=O) groups is 7. The molecule has 1 aliphatic heterocycles. The first-order chi connectivity index (χ1) is 16.4. The zero-order valence-electron chi connectivity index (χ0n) is 19.0. The van der Waals surface area contributed by atoms with Crippen LogP contribution in [0.1, 0.15) is 51.4 Å². The van der Waals surface area contributed by atoms with E-state index in [0.29, 0.717) is 13.0 Å². The second kappa shape index (κ2) is 14.5. The predicted octanol–water partition coefficient (Wildman–Crippen LogP) is -2.73. The quantitative estimate of drug-likeness (QED) is 0.108. The molecule has 1 aliphatic rings. The van der Waals surface area contributed by atoms with Gasteiger partial charge in [-0.15, -0.1) is 0 Å². The Hall–Kier alpha value is -3.75. The van der Waals surface area contributed by atoms with E-state index in [4.69, 9.17) is 15.9 Å². The van der Waals surface area contributed by atoms with Crippen LogP contribution < -0.4 is 27.0 Å². The van der Waals surface area contributed by atoms with Gasteiger partial charge in [0.15, 0.2) is 0 Å². The van der Waals surface area contributed by atoms with E-state index in [2.05, 4.69) is 21.3 Å². The minimum atomic E-state index is -1.60. The van der Waals surface area contributed by atoms with Gasteiger partial charge in [-0.1, -0.05) is 0 Å². The first-order valence-electron chi connectivity index (χ1n) is 11.0. The lowest BCUT2D eigenvalue weighted by atomic mass is 10.1. The maximum Gasteiger partial charge on any atom is 0.326 e. The van der Waals surface area contributed by atoms with Crippen LogP contribution in [-0.4, -0.2) is 87.6 Å². The largest absolute Gasteiger partial charge is 0.481 e. The molecule has 0 bridgehead atoms. The summed E-state index contributed by atoms with van der Waals surface area (Å²) < 4.78 is 0. The van der Waals surface area contributed by atoms with Crippen molar-refractivity contribution >= 4 is 41.5 Å². The van der Waals surface area contributed by atoms with E-state index in [9.17, 15) is 38.7 Å². The molecule has 35 heavy (non-hydrogen) atoms. The Kier molecular flexibility index (Phi) is 12.1. The SMILES string of the molecule is NC(=O)CCC(NC(=O)C1CCCN1)C(=O)NC(CCC(=O)O)C(=O)NC(CCC(=O)O)C(=O)O. The van der Waals surface area contributed by atoms with Gasteiger partial charge in [0, 0.05) is 19.3 Å². The Morgan fingerprint density at radius 1 is 0.771 bits per heavy atom. The van der Waals surface area contributed by atoms with Gasteiger partial charge in [-0.3, -0.25) is 28.8 Å². The van der Waals surface area contributed by atoms with Crippen molar-refractivity contribution in [2.24, 2.45) is 5.73 Å². The third-order valence-corrected chi connectivity index (χ3v) is 5.23. The molecule has 196 valence electrons.